The van der Waals surface area contributed by atoms with E-state index in [4.69, 9.17) is 0 Å². The second kappa shape index (κ2) is 6.57. The third-order valence-corrected chi connectivity index (χ3v) is 4.82. The van der Waals surface area contributed by atoms with Crippen LogP contribution in [0.1, 0.15) is 21.7 Å². The summed E-state index contributed by atoms with van der Waals surface area (Å²) in [7, 11) is 0. The average molecular weight is 364 g/mol. The number of carbonyl (C=O) groups excluding carboxylic acids is 1. The first-order chi connectivity index (χ1) is 12.6. The summed E-state index contributed by atoms with van der Waals surface area (Å²) >= 11 is 1.37. The van der Waals surface area contributed by atoms with Crippen LogP contribution in [-0.4, -0.2) is 30.6 Å². The van der Waals surface area contributed by atoms with E-state index in [0.29, 0.717) is 22.2 Å². The molecule has 0 saturated carbocycles. The largest absolute Gasteiger partial charge is 0.343 e. The molecule has 7 nitrogen and oxygen atoms in total. The Hall–Kier alpha value is -3.26. The van der Waals surface area contributed by atoms with Crippen LogP contribution >= 0.6 is 11.3 Å². The van der Waals surface area contributed by atoms with Crippen LogP contribution in [0.5, 0.6) is 0 Å². The molecular formula is C18H16N6OS. The quantitative estimate of drug-likeness (QED) is 0.579. The lowest BCUT2D eigenvalue weighted by molar-refractivity contribution is 0.102. The van der Waals surface area contributed by atoms with Crippen molar-refractivity contribution >= 4 is 22.9 Å². The van der Waals surface area contributed by atoms with Crippen LogP contribution in [0.25, 0.3) is 16.5 Å². The first-order valence-corrected chi connectivity index (χ1v) is 8.88. The summed E-state index contributed by atoms with van der Waals surface area (Å²) in [5, 5.41) is 9.64. The summed E-state index contributed by atoms with van der Waals surface area (Å²) in [4.78, 5) is 24.0. The zero-order valence-electron chi connectivity index (χ0n) is 14.2. The molecule has 26 heavy (non-hydrogen) atoms. The Bertz CT molecular complexity index is 1050. The van der Waals surface area contributed by atoms with Gasteiger partial charge in [-0.15, -0.1) is 11.3 Å². The Kier molecular flexibility index (Phi) is 4.10. The molecule has 0 aliphatic rings. The van der Waals surface area contributed by atoms with Gasteiger partial charge in [-0.2, -0.15) is 5.10 Å². The van der Waals surface area contributed by atoms with E-state index in [0.717, 1.165) is 11.4 Å². The first kappa shape index (κ1) is 16.2. The number of nitrogens with one attached hydrogen (secondary N) is 2. The molecule has 0 unspecified atom stereocenters. The molecule has 0 atom stereocenters. The van der Waals surface area contributed by atoms with Crippen molar-refractivity contribution in [3.05, 3.63) is 65.2 Å². The lowest BCUT2D eigenvalue weighted by Crippen LogP contribution is -2.13. The lowest BCUT2D eigenvalue weighted by atomic mass is 10.2. The molecule has 2 N–H and O–H groups in total. The number of thiazole rings is 1. The Balaban J connectivity index is 1.54. The summed E-state index contributed by atoms with van der Waals surface area (Å²) in [6.45, 7) is 3.95. The molecule has 130 valence electrons. The number of nitrogens with zero attached hydrogens (tertiary/aromatic N) is 4. The van der Waals surface area contributed by atoms with Crippen molar-refractivity contribution in [2.75, 3.05) is 5.32 Å². The molecule has 0 spiro atoms. The topological polar surface area (TPSA) is 88.5 Å². The highest BCUT2D eigenvalue weighted by Crippen LogP contribution is 2.22. The SMILES string of the molecule is Cc1ccc(-n2ncc(NC(=O)c3csc(-c4ncc[nH]4)n3)c2C)cc1. The highest BCUT2D eigenvalue weighted by molar-refractivity contribution is 7.13. The molecule has 1 aromatic carbocycles. The van der Waals surface area contributed by atoms with Crippen LogP contribution in [-0.2, 0) is 0 Å². The maximum absolute atomic E-state index is 12.5. The fraction of sp³-hybridized carbons (Fsp3) is 0.111. The first-order valence-electron chi connectivity index (χ1n) is 8.00. The third-order valence-electron chi connectivity index (χ3n) is 3.97. The highest BCUT2D eigenvalue weighted by Gasteiger charge is 2.16. The van der Waals surface area contributed by atoms with Gasteiger partial charge in [0.15, 0.2) is 10.8 Å². The minimum absolute atomic E-state index is 0.273. The van der Waals surface area contributed by atoms with Gasteiger partial charge in [-0.3, -0.25) is 4.79 Å². The highest BCUT2D eigenvalue weighted by atomic mass is 32.1. The van der Waals surface area contributed by atoms with E-state index in [1.165, 1.54) is 16.9 Å². The molecule has 0 aliphatic carbocycles. The average Bonchev–Trinajstić information content (AvgIpc) is 3.37. The van der Waals surface area contributed by atoms with Gasteiger partial charge in [0.25, 0.3) is 5.91 Å². The Labute approximate surface area is 153 Å². The second-order valence-electron chi connectivity index (χ2n) is 5.82. The number of imidazole rings is 1. The smallest absolute Gasteiger partial charge is 0.275 e. The van der Waals surface area contributed by atoms with Crippen molar-refractivity contribution in [1.82, 2.24) is 24.7 Å². The molecule has 3 heterocycles. The standard InChI is InChI=1S/C18H16N6OS/c1-11-3-5-13(6-4-11)24-12(2)14(9-21-24)22-17(25)15-10-26-18(23-15)16-19-7-8-20-16/h3-10H,1-2H3,(H,19,20)(H,22,25). The fourth-order valence-corrected chi connectivity index (χ4v) is 3.29. The molecular weight excluding hydrogens is 348 g/mol. The van der Waals surface area contributed by atoms with Gasteiger partial charge in [0.2, 0.25) is 0 Å². The van der Waals surface area contributed by atoms with Gasteiger partial charge >= 0.3 is 0 Å². The van der Waals surface area contributed by atoms with Crippen molar-refractivity contribution in [2.45, 2.75) is 13.8 Å². The Morgan fingerprint density at radius 3 is 2.77 bits per heavy atom. The number of benzene rings is 1. The molecule has 0 fully saturated rings. The van der Waals surface area contributed by atoms with Gasteiger partial charge in [-0.25, -0.2) is 14.6 Å². The van der Waals surface area contributed by atoms with E-state index in [9.17, 15) is 4.79 Å². The minimum Gasteiger partial charge on any atom is -0.343 e. The number of hydrogen-bond donors (Lipinski definition) is 2. The monoisotopic (exact) mass is 364 g/mol. The molecule has 8 heteroatoms. The number of carbonyl (C=O) groups is 1. The van der Waals surface area contributed by atoms with Gasteiger partial charge < -0.3 is 10.3 Å². The van der Waals surface area contributed by atoms with Crippen molar-refractivity contribution in [1.29, 1.82) is 0 Å². The summed E-state index contributed by atoms with van der Waals surface area (Å²) in [5.41, 5.74) is 3.99. The third kappa shape index (κ3) is 3.02. The zero-order valence-corrected chi connectivity index (χ0v) is 15.0. The maximum atomic E-state index is 12.5. The van der Waals surface area contributed by atoms with E-state index >= 15 is 0 Å². The molecule has 0 aliphatic heterocycles. The van der Waals surface area contributed by atoms with Gasteiger partial charge in [0.05, 0.1) is 23.3 Å². The van der Waals surface area contributed by atoms with Crippen LogP contribution in [0.2, 0.25) is 0 Å². The van der Waals surface area contributed by atoms with Crippen LogP contribution < -0.4 is 5.32 Å². The van der Waals surface area contributed by atoms with E-state index in [1.54, 1.807) is 28.7 Å². The van der Waals surface area contributed by atoms with Crippen molar-refractivity contribution in [3.63, 3.8) is 0 Å². The Morgan fingerprint density at radius 2 is 2.04 bits per heavy atom. The summed E-state index contributed by atoms with van der Waals surface area (Å²) in [6.07, 6.45) is 5.02. The fourth-order valence-electron chi connectivity index (χ4n) is 2.53. The van der Waals surface area contributed by atoms with Gasteiger partial charge in [-0.05, 0) is 26.0 Å². The minimum atomic E-state index is -0.273. The number of anilines is 1. The van der Waals surface area contributed by atoms with E-state index in [2.05, 4.69) is 25.4 Å². The molecule has 3 aromatic heterocycles. The van der Waals surface area contributed by atoms with Crippen LogP contribution in [0, 0.1) is 13.8 Å². The van der Waals surface area contributed by atoms with Gasteiger partial charge in [-0.1, -0.05) is 17.7 Å². The number of amides is 1. The number of aromatic amines is 1. The normalized spacial score (nSPS) is 10.8. The Morgan fingerprint density at radius 1 is 1.23 bits per heavy atom. The lowest BCUT2D eigenvalue weighted by Gasteiger charge is -2.06. The van der Waals surface area contributed by atoms with E-state index in [1.807, 2.05) is 38.1 Å². The van der Waals surface area contributed by atoms with Crippen molar-refractivity contribution in [3.8, 4) is 16.5 Å². The molecule has 4 rings (SSSR count). The van der Waals surface area contributed by atoms with Crippen LogP contribution in [0.4, 0.5) is 5.69 Å². The van der Waals surface area contributed by atoms with Crippen LogP contribution in [0.15, 0.2) is 48.2 Å². The summed E-state index contributed by atoms with van der Waals surface area (Å²) < 4.78 is 1.80. The predicted octanol–water partition coefficient (Wildman–Crippen LogP) is 3.59. The molecule has 0 bridgehead atoms. The molecule has 0 saturated heterocycles. The predicted molar refractivity (Wildman–Crippen MR) is 101 cm³/mol. The van der Waals surface area contributed by atoms with Gasteiger partial charge in [0.1, 0.15) is 5.69 Å². The number of aryl methyl sites for hydroxylation is 1. The van der Waals surface area contributed by atoms with E-state index < -0.39 is 0 Å². The number of aromatic nitrogens is 5. The van der Waals surface area contributed by atoms with Crippen LogP contribution in [0.3, 0.4) is 0 Å². The zero-order chi connectivity index (χ0) is 18.1. The summed E-state index contributed by atoms with van der Waals surface area (Å²) in [6, 6.07) is 8.05. The molecule has 0 radical (unpaired) electrons. The second-order valence-corrected chi connectivity index (χ2v) is 6.68. The summed E-state index contributed by atoms with van der Waals surface area (Å²) in [5.74, 6) is 0.378. The van der Waals surface area contributed by atoms with Gasteiger partial charge in [0, 0.05) is 17.8 Å². The number of H-pyrrole nitrogens is 1. The van der Waals surface area contributed by atoms with Crippen molar-refractivity contribution in [2.24, 2.45) is 0 Å². The van der Waals surface area contributed by atoms with Crippen molar-refractivity contribution < 1.29 is 4.79 Å². The van der Waals surface area contributed by atoms with E-state index in [-0.39, 0.29) is 5.91 Å². The molecule has 4 aromatic rings. The molecule has 1 amide bonds. The number of rotatable bonds is 4. The maximum Gasteiger partial charge on any atom is 0.275 e. The number of hydrogen-bond acceptors (Lipinski definition) is 5.